The Labute approximate surface area is 263 Å². The molecule has 45 heavy (non-hydrogen) atoms. The third kappa shape index (κ3) is 6.96. The number of rotatable bonds is 11. The van der Waals surface area contributed by atoms with Gasteiger partial charge in [-0.15, -0.1) is 0 Å². The van der Waals surface area contributed by atoms with E-state index in [4.69, 9.17) is 35.3 Å². The molecule has 4 aromatic rings. The van der Waals surface area contributed by atoms with Gasteiger partial charge in [-0.05, 0) is 59.7 Å². The Hall–Kier alpha value is -3.65. The molecule has 4 atom stereocenters. The van der Waals surface area contributed by atoms with Crippen molar-refractivity contribution in [2.45, 2.75) is 43.7 Å². The van der Waals surface area contributed by atoms with Crippen LogP contribution in [0, 0.1) is 6.92 Å². The van der Waals surface area contributed by atoms with Crippen molar-refractivity contribution in [3.63, 3.8) is 0 Å². The third-order valence-corrected chi connectivity index (χ3v) is 8.31. The number of H-pyrrole nitrogens is 1. The molecular weight excluding hydrogens is 623 g/mol. The maximum absolute atomic E-state index is 12.7. The molecule has 2 heterocycles. The summed E-state index contributed by atoms with van der Waals surface area (Å²) in [6, 6.07) is 23.3. The van der Waals surface area contributed by atoms with Crippen LogP contribution >= 0.6 is 6.72 Å². The van der Waals surface area contributed by atoms with Crippen LogP contribution in [0.25, 0.3) is 0 Å². The van der Waals surface area contributed by atoms with Crippen LogP contribution in [0.3, 0.4) is 0 Å². The smallest absolute Gasteiger partial charge is 0.330 e. The predicted octanol–water partition coefficient (Wildman–Crippen LogP) is 3.07. The van der Waals surface area contributed by atoms with Crippen LogP contribution in [0.1, 0.15) is 34.9 Å². The fourth-order valence-electron chi connectivity index (χ4n) is 5.38. The Morgan fingerprint density at radius 3 is 1.98 bits per heavy atom. The first-order chi connectivity index (χ1) is 21.4. The second-order valence-electron chi connectivity index (χ2n) is 10.4. The monoisotopic (exact) mass is 656 g/mol. The maximum Gasteiger partial charge on any atom is 0.330 e. The average molecular weight is 657 g/mol. The lowest BCUT2D eigenvalue weighted by atomic mass is 9.80. The molecule has 4 N–H and O–H groups in total. The van der Waals surface area contributed by atoms with Gasteiger partial charge in [0.2, 0.25) is 0 Å². The van der Waals surface area contributed by atoms with Gasteiger partial charge in [-0.2, -0.15) is 0 Å². The van der Waals surface area contributed by atoms with Crippen LogP contribution in [0.2, 0.25) is 0 Å². The highest BCUT2D eigenvalue weighted by Gasteiger charge is 2.49. The fraction of sp³-hybridized carbons (Fsp3) is 0.290. The molecule has 14 heteroatoms. The van der Waals surface area contributed by atoms with Crippen LogP contribution < -0.4 is 20.7 Å². The minimum Gasteiger partial charge on any atom is -0.497 e. The molecule has 0 amide bonds. The molecule has 0 spiro atoms. The number of ether oxygens (including phenoxy) is 4. The number of nitrogens with one attached hydrogen (secondary N) is 1. The van der Waals surface area contributed by atoms with Crippen LogP contribution in [0.5, 0.6) is 11.5 Å². The molecule has 0 aliphatic carbocycles. The average Bonchev–Trinajstić information content (AvgIpc) is 3.42. The summed E-state index contributed by atoms with van der Waals surface area (Å²) in [4.78, 5) is 47.6. The zero-order valence-electron chi connectivity index (χ0n) is 24.6. The van der Waals surface area contributed by atoms with Crippen molar-refractivity contribution < 1.29 is 38.4 Å². The van der Waals surface area contributed by atoms with Gasteiger partial charge in [0.25, 0.3) is 5.56 Å². The molecular formula is C31H33N2O10PS. The summed E-state index contributed by atoms with van der Waals surface area (Å²) < 4.78 is 30.5. The van der Waals surface area contributed by atoms with E-state index in [0.29, 0.717) is 28.2 Å². The minimum absolute atomic E-state index is 0.109. The van der Waals surface area contributed by atoms with E-state index >= 15 is 0 Å². The summed E-state index contributed by atoms with van der Waals surface area (Å²) in [5, 5.41) is 11.3. The Morgan fingerprint density at radius 2 is 1.47 bits per heavy atom. The van der Waals surface area contributed by atoms with Gasteiger partial charge in [-0.25, -0.2) is 4.79 Å². The molecule has 3 aromatic carbocycles. The van der Waals surface area contributed by atoms with E-state index in [2.05, 4.69) is 4.98 Å². The number of hydrogen-bond acceptors (Lipinski definition) is 9. The molecule has 1 unspecified atom stereocenters. The third-order valence-electron chi connectivity index (χ3n) is 7.57. The minimum atomic E-state index is -4.44. The van der Waals surface area contributed by atoms with E-state index in [9.17, 15) is 24.5 Å². The van der Waals surface area contributed by atoms with Gasteiger partial charge >= 0.3 is 12.4 Å². The molecule has 1 aliphatic rings. The van der Waals surface area contributed by atoms with Crippen LogP contribution in [0.4, 0.5) is 0 Å². The topological polar surface area (TPSA) is 162 Å². The summed E-state index contributed by atoms with van der Waals surface area (Å²) in [6.07, 6.45) is -4.21. The van der Waals surface area contributed by atoms with Gasteiger partial charge in [0.15, 0.2) is 6.29 Å². The lowest BCUT2D eigenvalue weighted by Gasteiger charge is -2.40. The molecule has 1 aromatic heterocycles. The zero-order valence-corrected chi connectivity index (χ0v) is 26.3. The molecule has 1 fully saturated rings. The van der Waals surface area contributed by atoms with E-state index in [1.54, 1.807) is 62.8 Å². The van der Waals surface area contributed by atoms with Crippen molar-refractivity contribution in [1.29, 1.82) is 0 Å². The normalized spacial score (nSPS) is 19.3. The number of methoxy groups -OCH3 is 2. The summed E-state index contributed by atoms with van der Waals surface area (Å²) in [7, 11) is 3.09. The van der Waals surface area contributed by atoms with Crippen molar-refractivity contribution in [3.8, 4) is 11.5 Å². The number of aromatic amines is 1. The van der Waals surface area contributed by atoms with E-state index in [-0.39, 0.29) is 12.0 Å². The molecule has 238 valence electrons. The van der Waals surface area contributed by atoms with Crippen molar-refractivity contribution in [3.05, 3.63) is 128 Å². The summed E-state index contributed by atoms with van der Waals surface area (Å²) in [6.45, 7) is -2.92. The van der Waals surface area contributed by atoms with Crippen LogP contribution in [0.15, 0.2) is 94.6 Å². The number of aryl methyl sites for hydroxylation is 1. The molecule has 5 rings (SSSR count). The van der Waals surface area contributed by atoms with Gasteiger partial charge in [-0.1, -0.05) is 54.6 Å². The first-order valence-electron chi connectivity index (χ1n) is 13.9. The first kappa shape index (κ1) is 32.7. The highest BCUT2D eigenvalue weighted by molar-refractivity contribution is 8.06. The number of nitrogens with zero attached hydrogens (tertiary/aromatic N) is 1. The maximum atomic E-state index is 12.7. The molecule has 1 saturated heterocycles. The van der Waals surface area contributed by atoms with Crippen LogP contribution in [-0.4, -0.2) is 57.2 Å². The van der Waals surface area contributed by atoms with E-state index in [1.807, 2.05) is 30.3 Å². The second kappa shape index (κ2) is 13.4. The summed E-state index contributed by atoms with van der Waals surface area (Å²) >= 11 is 4.87. The van der Waals surface area contributed by atoms with Crippen molar-refractivity contribution in [1.82, 2.24) is 9.55 Å². The van der Waals surface area contributed by atoms with Crippen molar-refractivity contribution in [2.24, 2.45) is 0 Å². The van der Waals surface area contributed by atoms with Crippen molar-refractivity contribution in [2.75, 3.05) is 14.2 Å². The van der Waals surface area contributed by atoms with E-state index in [0.717, 1.165) is 4.57 Å². The number of aliphatic hydroxyl groups excluding tert-OH is 1. The lowest BCUT2D eigenvalue weighted by Crippen LogP contribution is -2.45. The van der Waals surface area contributed by atoms with E-state index in [1.165, 1.54) is 13.1 Å². The standard InChI is InChI=1S/C31H33N2O10PS/c1-19-18-33(30(36)32-28(19)35)26-17-25(34)27(41-26)29(43-44(37,38)45)42-31(20-7-5-4-6-8-20,21-9-13-23(39-2)14-10-21)22-11-15-24(40-3)16-12-22/h4-16,18,25-27,29,34H,17H2,1-3H3,(H,32,35,36)(H2,37,38,45)/t25-,26+,27-,29?/m0/s1. The Kier molecular flexibility index (Phi) is 9.73. The Morgan fingerprint density at radius 1 is 0.933 bits per heavy atom. The lowest BCUT2D eigenvalue weighted by molar-refractivity contribution is -0.219. The predicted molar refractivity (Wildman–Crippen MR) is 168 cm³/mol. The Bertz CT molecular complexity index is 1730. The number of benzene rings is 3. The first-order valence-corrected chi connectivity index (χ1v) is 16.5. The largest absolute Gasteiger partial charge is 0.497 e. The van der Waals surface area contributed by atoms with Gasteiger partial charge in [-0.3, -0.25) is 18.9 Å². The van der Waals surface area contributed by atoms with Crippen molar-refractivity contribution >= 4 is 18.5 Å². The highest BCUT2D eigenvalue weighted by Crippen LogP contribution is 2.48. The number of hydrogen-bond donors (Lipinski definition) is 4. The second-order valence-corrected chi connectivity index (χ2v) is 13.0. The van der Waals surface area contributed by atoms with Crippen LogP contribution in [-0.2, 0) is 31.4 Å². The highest BCUT2D eigenvalue weighted by atomic mass is 32.5. The van der Waals surface area contributed by atoms with Gasteiger partial charge in [0, 0.05) is 18.2 Å². The molecule has 0 radical (unpaired) electrons. The molecule has 0 bridgehead atoms. The molecule has 0 saturated carbocycles. The van der Waals surface area contributed by atoms with Gasteiger partial charge in [0.1, 0.15) is 29.4 Å². The summed E-state index contributed by atoms with van der Waals surface area (Å²) in [5.74, 6) is 1.17. The van der Waals surface area contributed by atoms with E-state index < -0.39 is 48.3 Å². The fourth-order valence-corrected chi connectivity index (χ4v) is 6.07. The quantitative estimate of drug-likeness (QED) is 0.107. The van der Waals surface area contributed by atoms with Gasteiger partial charge in [0.05, 0.1) is 20.3 Å². The Balaban J connectivity index is 1.67. The molecule has 1 aliphatic heterocycles. The molecule has 12 nitrogen and oxygen atoms in total. The zero-order chi connectivity index (χ0) is 32.4. The number of aliphatic hydroxyl groups is 1. The van der Waals surface area contributed by atoms with Gasteiger partial charge < -0.3 is 33.8 Å². The number of aromatic nitrogens is 2. The SMILES string of the molecule is COc1ccc(C(OC(OP(O)(O)=S)[C@H]2O[C@@H](n3cc(C)c(=O)[nH]c3=O)C[C@@H]2O)(c2ccccc2)c2ccc(OC)cc2)cc1. The summed E-state index contributed by atoms with van der Waals surface area (Å²) in [5.41, 5.74) is -0.752.